The second-order valence-corrected chi connectivity index (χ2v) is 4.93. The van der Waals surface area contributed by atoms with Crippen molar-refractivity contribution in [3.63, 3.8) is 0 Å². The van der Waals surface area contributed by atoms with Crippen LogP contribution in [0.1, 0.15) is 11.5 Å². The van der Waals surface area contributed by atoms with Crippen molar-refractivity contribution in [2.24, 2.45) is 0 Å². The molecule has 1 heterocycles. The summed E-state index contributed by atoms with van der Waals surface area (Å²) >= 11 is 5.98. The fourth-order valence-electron chi connectivity index (χ4n) is 1.92. The highest BCUT2D eigenvalue weighted by Crippen LogP contribution is 2.31. The largest absolute Gasteiger partial charge is 0.454 e. The van der Waals surface area contributed by atoms with Gasteiger partial charge in [-0.05, 0) is 24.3 Å². The van der Waals surface area contributed by atoms with Crippen molar-refractivity contribution in [2.75, 3.05) is 5.73 Å². The molecule has 0 unspecified atom stereocenters. The van der Waals surface area contributed by atoms with Crippen molar-refractivity contribution in [1.29, 1.82) is 0 Å². The number of anilines is 1. The van der Waals surface area contributed by atoms with Gasteiger partial charge in [-0.15, -0.1) is 5.10 Å². The quantitative estimate of drug-likeness (QED) is 0.791. The van der Waals surface area contributed by atoms with E-state index in [2.05, 4.69) is 10.2 Å². The van der Waals surface area contributed by atoms with Gasteiger partial charge in [-0.1, -0.05) is 34.9 Å². The lowest BCUT2D eigenvalue weighted by atomic mass is 10.1. The molecular weight excluding hydrogens is 309 g/mol. The van der Waals surface area contributed by atoms with Gasteiger partial charge in [-0.2, -0.15) is 0 Å². The Kier molecular flexibility index (Phi) is 3.93. The van der Waals surface area contributed by atoms with Gasteiger partial charge in [0.2, 0.25) is 5.89 Å². The molecule has 0 spiro atoms. The van der Waals surface area contributed by atoms with Crippen molar-refractivity contribution < 1.29 is 13.5 Å². The predicted molar refractivity (Wildman–Crippen MR) is 79.4 cm³/mol. The maximum Gasteiger partial charge on any atom is 0.312 e. The van der Waals surface area contributed by atoms with Gasteiger partial charge < -0.3 is 14.9 Å². The van der Waals surface area contributed by atoms with Crippen molar-refractivity contribution in [3.05, 3.63) is 64.8 Å². The number of halogens is 2. The Balaban J connectivity index is 1.92. The second-order valence-electron chi connectivity index (χ2n) is 4.50. The monoisotopic (exact) mass is 319 g/mol. The lowest BCUT2D eigenvalue weighted by Gasteiger charge is -2.11. The van der Waals surface area contributed by atoms with Crippen LogP contribution >= 0.6 is 11.6 Å². The number of benzene rings is 2. The number of nitrogens with two attached hydrogens (primary N) is 1. The molecule has 0 radical (unpaired) electrons. The maximum atomic E-state index is 13.7. The van der Waals surface area contributed by atoms with E-state index in [1.807, 2.05) is 0 Å². The zero-order valence-electron chi connectivity index (χ0n) is 11.3. The zero-order valence-corrected chi connectivity index (χ0v) is 12.0. The third-order valence-electron chi connectivity index (χ3n) is 2.91. The van der Waals surface area contributed by atoms with E-state index in [0.717, 1.165) is 5.56 Å². The molecule has 0 aliphatic rings. The summed E-state index contributed by atoms with van der Waals surface area (Å²) in [6, 6.07) is 11.2. The molecule has 3 aromatic rings. The number of aromatic nitrogens is 2. The molecule has 0 amide bonds. The van der Waals surface area contributed by atoms with E-state index in [1.165, 1.54) is 12.1 Å². The summed E-state index contributed by atoms with van der Waals surface area (Å²) in [7, 11) is 0. The van der Waals surface area contributed by atoms with E-state index in [-0.39, 0.29) is 11.8 Å². The molecule has 0 saturated heterocycles. The Morgan fingerprint density at radius 3 is 2.68 bits per heavy atom. The van der Waals surface area contributed by atoms with Crippen molar-refractivity contribution in [1.82, 2.24) is 10.2 Å². The number of rotatable bonds is 4. The van der Waals surface area contributed by atoms with Gasteiger partial charge in [-0.25, -0.2) is 4.39 Å². The summed E-state index contributed by atoms with van der Waals surface area (Å²) < 4.78 is 24.5. The predicted octanol–water partition coefficient (Wildman–Crippen LogP) is 3.83. The highest BCUT2D eigenvalue weighted by molar-refractivity contribution is 6.30. The number of hydrogen-bond acceptors (Lipinski definition) is 5. The summed E-state index contributed by atoms with van der Waals surface area (Å²) in [5.74, 6) is 0.388. The van der Waals surface area contributed by atoms with Gasteiger partial charge in [0.15, 0.2) is 11.6 Å². The average molecular weight is 320 g/mol. The van der Waals surface area contributed by atoms with Crippen LogP contribution < -0.4 is 10.5 Å². The molecule has 2 aromatic carbocycles. The maximum absolute atomic E-state index is 13.7. The fraction of sp³-hybridized carbons (Fsp3) is 0.0667. The Labute approximate surface area is 130 Å². The normalized spacial score (nSPS) is 10.6. The first-order chi connectivity index (χ1) is 10.6. The van der Waals surface area contributed by atoms with Gasteiger partial charge in [0.25, 0.3) is 0 Å². The van der Waals surface area contributed by atoms with Crippen LogP contribution in [0.2, 0.25) is 5.02 Å². The third kappa shape index (κ3) is 3.17. The van der Waals surface area contributed by atoms with Crippen LogP contribution in [0.25, 0.3) is 0 Å². The summed E-state index contributed by atoms with van der Waals surface area (Å²) in [6.07, 6.45) is 0.297. The molecule has 112 valence electrons. The van der Waals surface area contributed by atoms with Crippen molar-refractivity contribution >= 4 is 17.6 Å². The van der Waals surface area contributed by atoms with E-state index < -0.39 is 5.82 Å². The molecule has 7 heteroatoms. The van der Waals surface area contributed by atoms with Gasteiger partial charge in [0, 0.05) is 10.6 Å². The molecule has 0 atom stereocenters. The van der Waals surface area contributed by atoms with Crippen LogP contribution in [-0.4, -0.2) is 10.2 Å². The van der Waals surface area contributed by atoms with Gasteiger partial charge in [0.1, 0.15) is 5.75 Å². The van der Waals surface area contributed by atoms with Gasteiger partial charge in [0.05, 0.1) is 6.42 Å². The highest BCUT2D eigenvalue weighted by Gasteiger charge is 2.12. The number of ether oxygens (including phenoxy) is 1. The minimum atomic E-state index is -0.463. The van der Waals surface area contributed by atoms with Crippen molar-refractivity contribution in [2.45, 2.75) is 6.42 Å². The third-order valence-corrected chi connectivity index (χ3v) is 3.15. The molecule has 0 bridgehead atoms. The van der Waals surface area contributed by atoms with E-state index in [9.17, 15) is 4.39 Å². The highest BCUT2D eigenvalue weighted by atomic mass is 35.5. The Bertz CT molecular complexity index is 807. The molecule has 0 aliphatic heterocycles. The molecule has 0 saturated carbocycles. The first kappa shape index (κ1) is 14.3. The van der Waals surface area contributed by atoms with Gasteiger partial charge >= 0.3 is 6.01 Å². The van der Waals surface area contributed by atoms with Crippen LogP contribution in [0.5, 0.6) is 11.5 Å². The van der Waals surface area contributed by atoms with E-state index in [4.69, 9.17) is 26.5 Å². The number of para-hydroxylation sites is 1. The SMILES string of the molecule is Nc1nnc(Cc2ccc(Cl)cc2Oc2ccccc2F)o1. The smallest absolute Gasteiger partial charge is 0.312 e. The first-order valence-electron chi connectivity index (χ1n) is 6.40. The van der Waals surface area contributed by atoms with Crippen LogP contribution in [0.15, 0.2) is 46.9 Å². The Hall–Kier alpha value is -2.60. The lowest BCUT2D eigenvalue weighted by molar-refractivity contribution is 0.436. The molecule has 3 rings (SSSR count). The molecule has 0 fully saturated rings. The molecular formula is C15H11ClFN3O2. The summed E-state index contributed by atoms with van der Waals surface area (Å²) in [5, 5.41) is 7.86. The van der Waals surface area contributed by atoms with Crippen LogP contribution in [-0.2, 0) is 6.42 Å². The van der Waals surface area contributed by atoms with Gasteiger partial charge in [-0.3, -0.25) is 0 Å². The summed E-state index contributed by atoms with van der Waals surface area (Å²) in [4.78, 5) is 0. The zero-order chi connectivity index (χ0) is 15.5. The Morgan fingerprint density at radius 2 is 1.95 bits per heavy atom. The number of nitrogens with zero attached hydrogens (tertiary/aromatic N) is 2. The summed E-state index contributed by atoms with van der Waals surface area (Å²) in [5.41, 5.74) is 6.11. The number of hydrogen-bond donors (Lipinski definition) is 1. The molecule has 5 nitrogen and oxygen atoms in total. The van der Waals surface area contributed by atoms with Crippen LogP contribution in [0.3, 0.4) is 0 Å². The number of nitrogen functional groups attached to an aromatic ring is 1. The van der Waals surface area contributed by atoms with E-state index in [1.54, 1.807) is 30.3 Å². The fourth-order valence-corrected chi connectivity index (χ4v) is 2.08. The van der Waals surface area contributed by atoms with Crippen LogP contribution in [0.4, 0.5) is 10.4 Å². The minimum absolute atomic E-state index is 0.0134. The molecule has 2 N–H and O–H groups in total. The molecule has 22 heavy (non-hydrogen) atoms. The minimum Gasteiger partial charge on any atom is -0.454 e. The topological polar surface area (TPSA) is 74.2 Å². The van der Waals surface area contributed by atoms with Crippen LogP contribution in [0, 0.1) is 5.82 Å². The van der Waals surface area contributed by atoms with Crippen molar-refractivity contribution in [3.8, 4) is 11.5 Å². The van der Waals surface area contributed by atoms with E-state index >= 15 is 0 Å². The average Bonchev–Trinajstić information content (AvgIpc) is 2.90. The van der Waals surface area contributed by atoms with E-state index in [0.29, 0.717) is 23.1 Å². The molecule has 0 aliphatic carbocycles. The lowest BCUT2D eigenvalue weighted by Crippen LogP contribution is -1.95. The first-order valence-corrected chi connectivity index (χ1v) is 6.78. The Morgan fingerprint density at radius 1 is 1.14 bits per heavy atom. The standard InChI is InChI=1S/C15H11ClFN3O2/c16-10-6-5-9(7-14-19-20-15(18)22-14)13(8-10)21-12-4-2-1-3-11(12)17/h1-6,8H,7H2,(H2,18,20). The molecule has 1 aromatic heterocycles. The summed E-state index contributed by atoms with van der Waals surface area (Å²) in [6.45, 7) is 0. The second kappa shape index (κ2) is 6.03.